The third-order valence-corrected chi connectivity index (χ3v) is 5.14. The highest BCUT2D eigenvalue weighted by Gasteiger charge is 2.24. The third-order valence-electron chi connectivity index (χ3n) is 4.05. The summed E-state index contributed by atoms with van der Waals surface area (Å²) in [5.41, 5.74) is 2.45. The van der Waals surface area contributed by atoms with E-state index in [1.165, 1.54) is 0 Å². The minimum absolute atomic E-state index is 0.238. The molecule has 1 aromatic carbocycles. The van der Waals surface area contributed by atoms with Crippen LogP contribution in [0.1, 0.15) is 25.1 Å². The first-order chi connectivity index (χ1) is 10.5. The van der Waals surface area contributed by atoms with E-state index in [-0.39, 0.29) is 5.75 Å². The molecule has 0 aliphatic carbocycles. The van der Waals surface area contributed by atoms with E-state index in [0.29, 0.717) is 12.0 Å². The normalized spacial score (nSPS) is 18.0. The lowest BCUT2D eigenvalue weighted by molar-refractivity contribution is 0.412. The molecule has 22 heavy (non-hydrogen) atoms. The van der Waals surface area contributed by atoms with Gasteiger partial charge >= 0.3 is 0 Å². The van der Waals surface area contributed by atoms with Crippen LogP contribution in [-0.2, 0) is 0 Å². The van der Waals surface area contributed by atoms with Gasteiger partial charge in [0.15, 0.2) is 0 Å². The Kier molecular flexibility index (Phi) is 4.00. The number of aliphatic imine (C=N–C) groups is 1. The van der Waals surface area contributed by atoms with Crippen LogP contribution in [0.4, 0.5) is 0 Å². The Hall–Kier alpha value is -1.75. The van der Waals surface area contributed by atoms with Gasteiger partial charge in [0.1, 0.15) is 16.5 Å². The number of nitrogens with zero attached hydrogens (tertiary/aromatic N) is 2. The SMILES string of the molecule is COc1ccc2c(O)cc(C3=NC(C(C)C)CS3)nc2c1C. The highest BCUT2D eigenvalue weighted by molar-refractivity contribution is 8.14. The van der Waals surface area contributed by atoms with Crippen molar-refractivity contribution in [3.05, 3.63) is 29.5 Å². The molecule has 0 bridgehead atoms. The zero-order valence-corrected chi connectivity index (χ0v) is 14.1. The van der Waals surface area contributed by atoms with Gasteiger partial charge in [0.2, 0.25) is 0 Å². The van der Waals surface area contributed by atoms with Gasteiger partial charge in [0, 0.05) is 22.8 Å². The standard InChI is InChI=1S/C17H20N2O2S/c1-9(2)13-8-22-17(19-13)12-7-14(20)11-5-6-15(21-4)10(3)16(11)18-12/h5-7,9,13H,8H2,1-4H3,(H,18,20). The zero-order chi connectivity index (χ0) is 15.9. The Morgan fingerprint density at radius 2 is 2.14 bits per heavy atom. The lowest BCUT2D eigenvalue weighted by Gasteiger charge is -2.10. The first-order valence-corrected chi connectivity index (χ1v) is 8.38. The maximum atomic E-state index is 10.3. The number of aryl methyl sites for hydroxylation is 1. The van der Waals surface area contributed by atoms with Crippen molar-refractivity contribution in [1.29, 1.82) is 0 Å². The lowest BCUT2D eigenvalue weighted by atomic mass is 10.1. The Morgan fingerprint density at radius 1 is 1.36 bits per heavy atom. The predicted molar refractivity (Wildman–Crippen MR) is 92.3 cm³/mol. The number of aromatic nitrogens is 1. The first-order valence-electron chi connectivity index (χ1n) is 7.39. The number of hydrogen-bond donors (Lipinski definition) is 1. The number of pyridine rings is 1. The molecule has 0 amide bonds. The fourth-order valence-corrected chi connectivity index (χ4v) is 3.84. The van der Waals surface area contributed by atoms with Crippen LogP contribution < -0.4 is 4.74 Å². The summed E-state index contributed by atoms with van der Waals surface area (Å²) in [6.07, 6.45) is 0. The number of fused-ring (bicyclic) bond motifs is 1. The van der Waals surface area contributed by atoms with Gasteiger partial charge < -0.3 is 9.84 Å². The highest BCUT2D eigenvalue weighted by Crippen LogP contribution is 2.34. The fraction of sp³-hybridized carbons (Fsp3) is 0.412. The average Bonchev–Trinajstić information content (AvgIpc) is 2.98. The van der Waals surface area contributed by atoms with Crippen LogP contribution in [0.3, 0.4) is 0 Å². The molecule has 1 aliphatic heterocycles. The summed E-state index contributed by atoms with van der Waals surface area (Å²) in [5, 5.41) is 12.0. The second kappa shape index (κ2) is 5.80. The fourth-order valence-electron chi connectivity index (χ4n) is 2.59. The van der Waals surface area contributed by atoms with Crippen LogP contribution in [0.25, 0.3) is 10.9 Å². The van der Waals surface area contributed by atoms with Crippen molar-refractivity contribution in [1.82, 2.24) is 4.98 Å². The second-order valence-corrected chi connectivity index (χ2v) is 6.88. The van der Waals surface area contributed by atoms with Crippen LogP contribution in [-0.4, -0.2) is 34.0 Å². The molecule has 1 aromatic heterocycles. The Bertz CT molecular complexity index is 756. The molecule has 3 rings (SSSR count). The van der Waals surface area contributed by atoms with E-state index in [4.69, 9.17) is 14.7 Å². The van der Waals surface area contributed by atoms with E-state index in [9.17, 15) is 5.11 Å². The molecular weight excluding hydrogens is 296 g/mol. The molecule has 1 aliphatic rings. The van der Waals surface area contributed by atoms with Crippen LogP contribution in [0.5, 0.6) is 11.5 Å². The summed E-state index contributed by atoms with van der Waals surface area (Å²) >= 11 is 1.71. The molecule has 5 heteroatoms. The molecule has 0 radical (unpaired) electrons. The largest absolute Gasteiger partial charge is 0.507 e. The number of rotatable bonds is 3. The second-order valence-electron chi connectivity index (χ2n) is 5.87. The van der Waals surface area contributed by atoms with Crippen molar-refractivity contribution in [3.8, 4) is 11.5 Å². The molecule has 116 valence electrons. The molecule has 1 unspecified atom stereocenters. The third kappa shape index (κ3) is 2.54. The molecule has 1 N–H and O–H groups in total. The number of aromatic hydroxyl groups is 1. The molecule has 0 saturated heterocycles. The van der Waals surface area contributed by atoms with E-state index in [1.807, 2.05) is 19.1 Å². The van der Waals surface area contributed by atoms with Gasteiger partial charge in [0.05, 0.1) is 24.4 Å². The average molecular weight is 316 g/mol. The maximum absolute atomic E-state index is 10.3. The molecule has 2 aromatic rings. The Morgan fingerprint density at radius 3 is 2.77 bits per heavy atom. The van der Waals surface area contributed by atoms with Crippen molar-refractivity contribution in [2.24, 2.45) is 10.9 Å². The monoisotopic (exact) mass is 316 g/mol. The number of ether oxygens (including phenoxy) is 1. The van der Waals surface area contributed by atoms with Gasteiger partial charge in [0.25, 0.3) is 0 Å². The summed E-state index contributed by atoms with van der Waals surface area (Å²) in [6.45, 7) is 6.31. The number of thioether (sulfide) groups is 1. The minimum Gasteiger partial charge on any atom is -0.507 e. The molecule has 1 atom stereocenters. The molecule has 0 fully saturated rings. The van der Waals surface area contributed by atoms with E-state index in [2.05, 4.69) is 13.8 Å². The van der Waals surface area contributed by atoms with E-state index in [0.717, 1.165) is 38.7 Å². The van der Waals surface area contributed by atoms with E-state index >= 15 is 0 Å². The Labute approximate surface area is 134 Å². The number of hydrogen-bond acceptors (Lipinski definition) is 5. The topological polar surface area (TPSA) is 54.7 Å². The van der Waals surface area contributed by atoms with Crippen molar-refractivity contribution < 1.29 is 9.84 Å². The van der Waals surface area contributed by atoms with Crippen LogP contribution in [0.15, 0.2) is 23.2 Å². The van der Waals surface area contributed by atoms with Crippen molar-refractivity contribution in [2.75, 3.05) is 12.9 Å². The van der Waals surface area contributed by atoms with Gasteiger partial charge in [-0.3, -0.25) is 4.99 Å². The van der Waals surface area contributed by atoms with Crippen molar-refractivity contribution in [2.45, 2.75) is 26.8 Å². The molecule has 2 heterocycles. The quantitative estimate of drug-likeness (QED) is 0.936. The van der Waals surface area contributed by atoms with Gasteiger partial charge in [-0.05, 0) is 25.0 Å². The summed E-state index contributed by atoms with van der Waals surface area (Å²) < 4.78 is 5.35. The summed E-state index contributed by atoms with van der Waals surface area (Å²) in [4.78, 5) is 9.48. The summed E-state index contributed by atoms with van der Waals surface area (Å²) in [7, 11) is 1.64. The van der Waals surface area contributed by atoms with Gasteiger partial charge in [-0.25, -0.2) is 4.98 Å². The van der Waals surface area contributed by atoms with Gasteiger partial charge in [-0.2, -0.15) is 0 Å². The first kappa shape index (κ1) is 15.2. The minimum atomic E-state index is 0.238. The summed E-state index contributed by atoms with van der Waals surface area (Å²) in [5.74, 6) is 2.51. The van der Waals surface area contributed by atoms with Crippen molar-refractivity contribution in [3.63, 3.8) is 0 Å². The van der Waals surface area contributed by atoms with E-state index < -0.39 is 0 Å². The molecule has 0 saturated carbocycles. The molecular formula is C17H20N2O2S. The molecule has 0 spiro atoms. The van der Waals surface area contributed by atoms with Crippen LogP contribution >= 0.6 is 11.8 Å². The highest BCUT2D eigenvalue weighted by atomic mass is 32.2. The van der Waals surface area contributed by atoms with Crippen molar-refractivity contribution >= 4 is 27.7 Å². The Balaban J connectivity index is 2.12. The smallest absolute Gasteiger partial charge is 0.127 e. The zero-order valence-electron chi connectivity index (χ0n) is 13.3. The lowest BCUT2D eigenvalue weighted by Crippen LogP contribution is -2.11. The summed E-state index contributed by atoms with van der Waals surface area (Å²) in [6, 6.07) is 5.73. The van der Waals surface area contributed by atoms with Crippen LogP contribution in [0.2, 0.25) is 0 Å². The number of benzene rings is 1. The predicted octanol–water partition coefficient (Wildman–Crippen LogP) is 3.78. The molecule has 4 nitrogen and oxygen atoms in total. The van der Waals surface area contributed by atoms with E-state index in [1.54, 1.807) is 24.9 Å². The van der Waals surface area contributed by atoms with Gasteiger partial charge in [-0.15, -0.1) is 11.8 Å². The number of methoxy groups -OCH3 is 1. The van der Waals surface area contributed by atoms with Gasteiger partial charge in [-0.1, -0.05) is 13.8 Å². The maximum Gasteiger partial charge on any atom is 0.127 e. The van der Waals surface area contributed by atoms with Crippen LogP contribution in [0, 0.1) is 12.8 Å².